The largest absolute Gasteiger partial charge is 0.481 e. The Balaban J connectivity index is 2.52. The van der Waals surface area contributed by atoms with Crippen molar-refractivity contribution in [2.24, 2.45) is 0 Å². The molecular weight excluding hydrogens is 251 g/mol. The molecular formula is C13H17FN2O3. The first-order valence-electron chi connectivity index (χ1n) is 5.98. The predicted octanol–water partition coefficient (Wildman–Crippen LogP) is 1.78. The molecule has 0 aromatic heterocycles. The van der Waals surface area contributed by atoms with E-state index in [2.05, 4.69) is 5.32 Å². The first-order valence-corrected chi connectivity index (χ1v) is 5.98. The number of nitrogen functional groups attached to an aromatic ring is 1. The van der Waals surface area contributed by atoms with Crippen LogP contribution in [0.4, 0.5) is 10.1 Å². The average Bonchev–Trinajstić information content (AvgIpc) is 2.27. The lowest BCUT2D eigenvalue weighted by Crippen LogP contribution is -2.33. The van der Waals surface area contributed by atoms with Crippen LogP contribution in [0.2, 0.25) is 0 Å². The molecule has 0 saturated heterocycles. The van der Waals surface area contributed by atoms with E-state index in [9.17, 15) is 14.0 Å². The maximum atomic E-state index is 13.5. The van der Waals surface area contributed by atoms with Crippen molar-refractivity contribution in [2.75, 3.05) is 5.73 Å². The zero-order chi connectivity index (χ0) is 14.4. The average molecular weight is 268 g/mol. The molecule has 0 aliphatic rings. The minimum atomic E-state index is -0.872. The van der Waals surface area contributed by atoms with Crippen molar-refractivity contribution in [3.8, 4) is 0 Å². The van der Waals surface area contributed by atoms with Gasteiger partial charge in [-0.1, -0.05) is 0 Å². The van der Waals surface area contributed by atoms with Gasteiger partial charge < -0.3 is 16.2 Å². The summed E-state index contributed by atoms with van der Waals surface area (Å²) in [6, 6.07) is 3.64. The second-order valence-corrected chi connectivity index (χ2v) is 4.40. The molecule has 5 nitrogen and oxygen atoms in total. The lowest BCUT2D eigenvalue weighted by Gasteiger charge is -2.13. The van der Waals surface area contributed by atoms with E-state index < -0.39 is 17.7 Å². The summed E-state index contributed by atoms with van der Waals surface area (Å²) >= 11 is 0. The zero-order valence-electron chi connectivity index (χ0n) is 10.6. The Labute approximate surface area is 110 Å². The van der Waals surface area contributed by atoms with Crippen LogP contribution in [0, 0.1) is 5.82 Å². The summed E-state index contributed by atoms with van der Waals surface area (Å²) in [5.41, 5.74) is 5.58. The molecule has 0 radical (unpaired) electrons. The molecule has 19 heavy (non-hydrogen) atoms. The summed E-state index contributed by atoms with van der Waals surface area (Å²) < 4.78 is 13.5. The minimum absolute atomic E-state index is 0.0520. The van der Waals surface area contributed by atoms with Crippen LogP contribution in [0.1, 0.15) is 36.5 Å². The second-order valence-electron chi connectivity index (χ2n) is 4.40. The number of amides is 1. The van der Waals surface area contributed by atoms with E-state index in [0.717, 1.165) is 6.07 Å². The summed E-state index contributed by atoms with van der Waals surface area (Å²) in [5, 5.41) is 11.1. The van der Waals surface area contributed by atoms with Gasteiger partial charge in [0.05, 0.1) is 5.56 Å². The molecule has 0 heterocycles. The molecule has 1 aromatic rings. The van der Waals surface area contributed by atoms with Crippen LogP contribution in [0.15, 0.2) is 18.2 Å². The molecule has 0 bridgehead atoms. The molecule has 1 amide bonds. The van der Waals surface area contributed by atoms with Crippen LogP contribution < -0.4 is 11.1 Å². The Hall–Kier alpha value is -2.11. The highest BCUT2D eigenvalue weighted by molar-refractivity contribution is 5.94. The highest BCUT2D eigenvalue weighted by Gasteiger charge is 2.14. The lowest BCUT2D eigenvalue weighted by atomic mass is 10.1. The van der Waals surface area contributed by atoms with E-state index >= 15 is 0 Å². The standard InChI is InChI=1S/C13H17FN2O3/c1-8(3-2-4-12(17)18)16-13(19)10-6-5-9(15)7-11(10)14/h5-8H,2-4,15H2,1H3,(H,16,19)(H,17,18). The molecule has 4 N–H and O–H groups in total. The summed E-state index contributed by atoms with van der Waals surface area (Å²) in [4.78, 5) is 22.1. The van der Waals surface area contributed by atoms with Gasteiger partial charge >= 0.3 is 5.97 Å². The summed E-state index contributed by atoms with van der Waals surface area (Å²) in [6.45, 7) is 1.74. The molecule has 0 fully saturated rings. The lowest BCUT2D eigenvalue weighted by molar-refractivity contribution is -0.137. The molecule has 1 atom stereocenters. The number of nitrogens with one attached hydrogen (secondary N) is 1. The Morgan fingerprint density at radius 2 is 2.16 bits per heavy atom. The maximum absolute atomic E-state index is 13.5. The van der Waals surface area contributed by atoms with Gasteiger partial charge in [-0.3, -0.25) is 9.59 Å². The van der Waals surface area contributed by atoms with Crippen LogP contribution in [0.5, 0.6) is 0 Å². The van der Waals surface area contributed by atoms with Crippen molar-refractivity contribution in [3.05, 3.63) is 29.6 Å². The van der Waals surface area contributed by atoms with Gasteiger partial charge in [0.25, 0.3) is 5.91 Å². The molecule has 0 spiro atoms. The molecule has 0 aliphatic carbocycles. The van der Waals surface area contributed by atoms with Gasteiger partial charge in [0, 0.05) is 18.2 Å². The maximum Gasteiger partial charge on any atom is 0.303 e. The molecule has 6 heteroatoms. The topological polar surface area (TPSA) is 92.4 Å². The Bertz CT molecular complexity index is 477. The highest BCUT2D eigenvalue weighted by atomic mass is 19.1. The molecule has 1 aromatic carbocycles. The van der Waals surface area contributed by atoms with Gasteiger partial charge in [0.1, 0.15) is 5.82 Å². The molecule has 0 saturated carbocycles. The first kappa shape index (κ1) is 14.9. The quantitative estimate of drug-likeness (QED) is 0.686. The number of nitrogens with two attached hydrogens (primary N) is 1. The number of halogens is 1. The summed E-state index contributed by atoms with van der Waals surface area (Å²) in [6.07, 6.45) is 1.03. The molecule has 104 valence electrons. The van der Waals surface area contributed by atoms with E-state index in [1.807, 2.05) is 0 Å². The Kier molecular flexibility index (Phi) is 5.29. The normalized spacial score (nSPS) is 11.9. The highest BCUT2D eigenvalue weighted by Crippen LogP contribution is 2.12. The van der Waals surface area contributed by atoms with Crippen molar-refractivity contribution in [1.29, 1.82) is 0 Å². The molecule has 1 unspecified atom stereocenters. The van der Waals surface area contributed by atoms with Gasteiger partial charge in [0.15, 0.2) is 0 Å². The van der Waals surface area contributed by atoms with Gasteiger partial charge in [-0.05, 0) is 38.0 Å². The fourth-order valence-corrected chi connectivity index (χ4v) is 1.65. The predicted molar refractivity (Wildman–Crippen MR) is 69.2 cm³/mol. The zero-order valence-corrected chi connectivity index (χ0v) is 10.6. The number of carboxylic acids is 1. The van der Waals surface area contributed by atoms with Gasteiger partial charge in [-0.2, -0.15) is 0 Å². The van der Waals surface area contributed by atoms with E-state index in [1.54, 1.807) is 6.92 Å². The van der Waals surface area contributed by atoms with E-state index in [0.29, 0.717) is 12.8 Å². The number of carbonyl (C=O) groups excluding carboxylic acids is 1. The Morgan fingerprint density at radius 3 is 2.74 bits per heavy atom. The van der Waals surface area contributed by atoms with Gasteiger partial charge in [-0.15, -0.1) is 0 Å². The smallest absolute Gasteiger partial charge is 0.303 e. The third kappa shape index (κ3) is 4.95. The van der Waals surface area contributed by atoms with Crippen molar-refractivity contribution in [1.82, 2.24) is 5.32 Å². The van der Waals surface area contributed by atoms with E-state index in [1.165, 1.54) is 12.1 Å². The summed E-state index contributed by atoms with van der Waals surface area (Å²) in [5.74, 6) is -2.07. The number of anilines is 1. The van der Waals surface area contributed by atoms with Crippen molar-refractivity contribution in [2.45, 2.75) is 32.2 Å². The van der Waals surface area contributed by atoms with Crippen molar-refractivity contribution < 1.29 is 19.1 Å². The number of hydrogen-bond acceptors (Lipinski definition) is 3. The monoisotopic (exact) mass is 268 g/mol. The number of hydrogen-bond donors (Lipinski definition) is 3. The fraction of sp³-hybridized carbons (Fsp3) is 0.385. The number of benzene rings is 1. The van der Waals surface area contributed by atoms with Crippen LogP contribution in [0.25, 0.3) is 0 Å². The molecule has 0 aliphatic heterocycles. The third-order valence-electron chi connectivity index (χ3n) is 2.64. The Morgan fingerprint density at radius 1 is 1.47 bits per heavy atom. The van der Waals surface area contributed by atoms with Crippen LogP contribution in [-0.2, 0) is 4.79 Å². The fourth-order valence-electron chi connectivity index (χ4n) is 1.65. The van der Waals surface area contributed by atoms with Crippen LogP contribution in [0.3, 0.4) is 0 Å². The first-order chi connectivity index (χ1) is 8.90. The second kappa shape index (κ2) is 6.72. The molecule has 1 rings (SSSR count). The number of carbonyl (C=O) groups is 2. The van der Waals surface area contributed by atoms with Crippen molar-refractivity contribution >= 4 is 17.6 Å². The minimum Gasteiger partial charge on any atom is -0.481 e. The number of rotatable bonds is 6. The number of carboxylic acid groups (broad SMARTS) is 1. The van der Waals surface area contributed by atoms with Gasteiger partial charge in [-0.25, -0.2) is 4.39 Å². The van der Waals surface area contributed by atoms with E-state index in [4.69, 9.17) is 10.8 Å². The van der Waals surface area contributed by atoms with Gasteiger partial charge in [0.2, 0.25) is 0 Å². The van der Waals surface area contributed by atoms with Crippen LogP contribution >= 0.6 is 0 Å². The van der Waals surface area contributed by atoms with Crippen molar-refractivity contribution in [3.63, 3.8) is 0 Å². The van der Waals surface area contributed by atoms with E-state index in [-0.39, 0.29) is 23.7 Å². The number of aliphatic carboxylic acids is 1. The third-order valence-corrected chi connectivity index (χ3v) is 2.64. The summed E-state index contributed by atoms with van der Waals surface area (Å²) in [7, 11) is 0. The SMILES string of the molecule is CC(CCCC(=O)O)NC(=O)c1ccc(N)cc1F. The van der Waals surface area contributed by atoms with Crippen LogP contribution in [-0.4, -0.2) is 23.0 Å².